The van der Waals surface area contributed by atoms with E-state index in [9.17, 15) is 4.79 Å². The molecule has 1 atom stereocenters. The first kappa shape index (κ1) is 17.0. The summed E-state index contributed by atoms with van der Waals surface area (Å²) in [4.78, 5) is 16.5. The first-order valence-electron chi connectivity index (χ1n) is 9.63. The zero-order valence-corrected chi connectivity index (χ0v) is 15.3. The van der Waals surface area contributed by atoms with Crippen molar-refractivity contribution in [3.63, 3.8) is 0 Å². The first-order chi connectivity index (χ1) is 12.7. The fourth-order valence-electron chi connectivity index (χ4n) is 3.80. The third-order valence-electron chi connectivity index (χ3n) is 5.42. The van der Waals surface area contributed by atoms with Gasteiger partial charge in [-0.2, -0.15) is 5.10 Å². The zero-order valence-electron chi connectivity index (χ0n) is 15.3. The van der Waals surface area contributed by atoms with Crippen LogP contribution in [0.2, 0.25) is 0 Å². The Morgan fingerprint density at radius 2 is 2.12 bits per heavy atom. The Balaban J connectivity index is 1.45. The second-order valence-electron chi connectivity index (χ2n) is 7.40. The normalized spacial score (nSPS) is 19.5. The van der Waals surface area contributed by atoms with Crippen molar-refractivity contribution in [1.82, 2.24) is 20.1 Å². The number of nitrogens with one attached hydrogen (secondary N) is 1. The summed E-state index contributed by atoms with van der Waals surface area (Å²) in [5, 5.41) is 7.74. The molecule has 0 radical (unpaired) electrons. The lowest BCUT2D eigenvalue weighted by atomic mass is 9.94. The second-order valence-corrected chi connectivity index (χ2v) is 7.40. The predicted molar refractivity (Wildman–Crippen MR) is 102 cm³/mol. The van der Waals surface area contributed by atoms with E-state index >= 15 is 0 Å². The third kappa shape index (κ3) is 3.57. The molecule has 1 fully saturated rings. The van der Waals surface area contributed by atoms with E-state index in [1.54, 1.807) is 0 Å². The Kier molecular flexibility index (Phi) is 4.87. The number of carbonyl (C=O) groups excluding carboxylic acids is 1. The van der Waals surface area contributed by atoms with Crippen LogP contribution >= 0.6 is 0 Å². The number of aromatic nitrogens is 3. The summed E-state index contributed by atoms with van der Waals surface area (Å²) in [6.07, 6.45) is 15.3. The lowest BCUT2D eigenvalue weighted by Crippen LogP contribution is -2.33. The topological polar surface area (TPSA) is 59.8 Å². The van der Waals surface area contributed by atoms with Gasteiger partial charge in [0.25, 0.3) is 0 Å². The van der Waals surface area contributed by atoms with Crippen molar-refractivity contribution in [3.8, 4) is 11.1 Å². The molecule has 0 bridgehead atoms. The van der Waals surface area contributed by atoms with Crippen molar-refractivity contribution < 1.29 is 4.79 Å². The van der Waals surface area contributed by atoms with Crippen molar-refractivity contribution in [1.29, 1.82) is 0 Å². The van der Waals surface area contributed by atoms with Crippen LogP contribution < -0.4 is 5.32 Å². The van der Waals surface area contributed by atoms with Crippen LogP contribution in [0.1, 0.15) is 49.3 Å². The van der Waals surface area contributed by atoms with Crippen molar-refractivity contribution in [2.75, 3.05) is 6.54 Å². The number of amides is 1. The number of rotatable bonds is 6. The van der Waals surface area contributed by atoms with E-state index in [4.69, 9.17) is 0 Å². The molecular formula is C21H26N4O. The van der Waals surface area contributed by atoms with Gasteiger partial charge < -0.3 is 5.32 Å². The number of carbonyl (C=O) groups is 1. The lowest BCUT2D eigenvalue weighted by Gasteiger charge is -2.17. The quantitative estimate of drug-likeness (QED) is 0.810. The molecule has 0 aromatic carbocycles. The van der Waals surface area contributed by atoms with Gasteiger partial charge in [-0.1, -0.05) is 12.2 Å². The van der Waals surface area contributed by atoms with Crippen molar-refractivity contribution >= 4 is 5.91 Å². The highest BCUT2D eigenvalue weighted by molar-refractivity contribution is 5.79. The fraction of sp³-hybridized carbons (Fsp3) is 0.476. The predicted octanol–water partition coefficient (Wildman–Crippen LogP) is 3.60. The monoisotopic (exact) mass is 350 g/mol. The van der Waals surface area contributed by atoms with E-state index in [2.05, 4.69) is 45.2 Å². The van der Waals surface area contributed by atoms with Gasteiger partial charge in [0.15, 0.2) is 0 Å². The molecule has 5 heteroatoms. The Morgan fingerprint density at radius 3 is 2.85 bits per heavy atom. The number of hydrogen-bond acceptors (Lipinski definition) is 3. The summed E-state index contributed by atoms with van der Waals surface area (Å²) in [7, 11) is 0. The molecule has 1 saturated carbocycles. The molecule has 1 amide bonds. The van der Waals surface area contributed by atoms with Gasteiger partial charge in [0.1, 0.15) is 0 Å². The van der Waals surface area contributed by atoms with Crippen LogP contribution in [0.3, 0.4) is 0 Å². The van der Waals surface area contributed by atoms with Gasteiger partial charge in [-0.05, 0) is 56.2 Å². The summed E-state index contributed by atoms with van der Waals surface area (Å²) in [6.45, 7) is 3.45. The minimum absolute atomic E-state index is 0.135. The fourth-order valence-corrected chi connectivity index (χ4v) is 3.80. The van der Waals surface area contributed by atoms with Gasteiger partial charge in [-0.15, -0.1) is 0 Å². The van der Waals surface area contributed by atoms with Crippen molar-refractivity contribution in [2.45, 2.75) is 51.5 Å². The Labute approximate surface area is 154 Å². The SMILES string of the molecule is Cc1cnccc1-c1cnn(CCNC(=O)C2CC=CCC2)c1C1CC1. The van der Waals surface area contributed by atoms with Gasteiger partial charge in [0.2, 0.25) is 5.91 Å². The summed E-state index contributed by atoms with van der Waals surface area (Å²) in [5.41, 5.74) is 4.92. The van der Waals surface area contributed by atoms with Gasteiger partial charge in [-0.25, -0.2) is 0 Å². The smallest absolute Gasteiger partial charge is 0.223 e. The summed E-state index contributed by atoms with van der Waals surface area (Å²) in [6, 6.07) is 2.07. The molecule has 2 heterocycles. The third-order valence-corrected chi connectivity index (χ3v) is 5.42. The molecular weight excluding hydrogens is 324 g/mol. The summed E-state index contributed by atoms with van der Waals surface area (Å²) >= 11 is 0. The van der Waals surface area contributed by atoms with Crippen LogP contribution in [-0.2, 0) is 11.3 Å². The standard InChI is InChI=1S/C21H26N4O/c1-15-13-22-10-9-18(15)19-14-24-25(20(19)16-7-8-16)12-11-23-21(26)17-5-3-2-4-6-17/h2-3,9-10,13-14,16-17H,4-8,11-12H2,1H3,(H,23,26). The van der Waals surface area contributed by atoms with Crippen LogP contribution in [0.5, 0.6) is 0 Å². The Bertz CT molecular complexity index is 819. The molecule has 1 unspecified atom stereocenters. The second kappa shape index (κ2) is 7.44. The Hall–Kier alpha value is -2.43. The van der Waals surface area contributed by atoms with Gasteiger partial charge in [0.05, 0.1) is 12.7 Å². The molecule has 2 aromatic heterocycles. The molecule has 0 saturated heterocycles. The van der Waals surface area contributed by atoms with Crippen molar-refractivity contribution in [2.24, 2.45) is 5.92 Å². The van der Waals surface area contributed by atoms with E-state index in [-0.39, 0.29) is 11.8 Å². The van der Waals surface area contributed by atoms with E-state index < -0.39 is 0 Å². The van der Waals surface area contributed by atoms with Crippen LogP contribution in [0, 0.1) is 12.8 Å². The van der Waals surface area contributed by atoms with E-state index in [0.717, 1.165) is 25.8 Å². The average Bonchev–Trinajstić information content (AvgIpc) is 3.43. The molecule has 4 rings (SSSR count). The van der Waals surface area contributed by atoms with Crippen LogP contribution in [0.15, 0.2) is 36.8 Å². The van der Waals surface area contributed by atoms with E-state index in [1.165, 1.54) is 35.2 Å². The largest absolute Gasteiger partial charge is 0.354 e. The maximum absolute atomic E-state index is 12.3. The highest BCUT2D eigenvalue weighted by Gasteiger charge is 2.31. The van der Waals surface area contributed by atoms with Crippen LogP contribution in [0.25, 0.3) is 11.1 Å². The minimum Gasteiger partial charge on any atom is -0.354 e. The molecule has 136 valence electrons. The zero-order chi connectivity index (χ0) is 17.9. The molecule has 1 N–H and O–H groups in total. The number of hydrogen-bond donors (Lipinski definition) is 1. The Morgan fingerprint density at radius 1 is 1.23 bits per heavy atom. The summed E-state index contributed by atoms with van der Waals surface area (Å²) < 4.78 is 2.09. The first-order valence-corrected chi connectivity index (χ1v) is 9.63. The maximum atomic E-state index is 12.3. The molecule has 2 aliphatic rings. The van der Waals surface area contributed by atoms with Crippen LogP contribution in [-0.4, -0.2) is 27.2 Å². The molecule has 0 aliphatic heterocycles. The van der Waals surface area contributed by atoms with E-state index in [1.807, 2.05) is 18.6 Å². The minimum atomic E-state index is 0.135. The van der Waals surface area contributed by atoms with Crippen LogP contribution in [0.4, 0.5) is 0 Å². The average molecular weight is 350 g/mol. The lowest BCUT2D eigenvalue weighted by molar-refractivity contribution is -0.125. The van der Waals surface area contributed by atoms with Gasteiger partial charge in [0, 0.05) is 42.0 Å². The molecule has 2 aromatic rings. The number of allylic oxidation sites excluding steroid dienone is 2. The van der Waals surface area contributed by atoms with Crippen molar-refractivity contribution in [3.05, 3.63) is 48.1 Å². The van der Waals surface area contributed by atoms with Gasteiger partial charge in [-0.3, -0.25) is 14.5 Å². The molecule has 2 aliphatic carbocycles. The number of aryl methyl sites for hydroxylation is 1. The van der Waals surface area contributed by atoms with Gasteiger partial charge >= 0.3 is 0 Å². The maximum Gasteiger partial charge on any atom is 0.223 e. The van der Waals surface area contributed by atoms with E-state index in [0.29, 0.717) is 12.5 Å². The highest BCUT2D eigenvalue weighted by Crippen LogP contribution is 2.44. The number of pyridine rings is 1. The molecule has 0 spiro atoms. The highest BCUT2D eigenvalue weighted by atomic mass is 16.1. The summed E-state index contributed by atoms with van der Waals surface area (Å²) in [5.74, 6) is 0.912. The number of nitrogens with zero attached hydrogens (tertiary/aromatic N) is 3. The molecule has 26 heavy (non-hydrogen) atoms. The molecule has 5 nitrogen and oxygen atoms in total.